The summed E-state index contributed by atoms with van der Waals surface area (Å²) in [7, 11) is -3.99. The third-order valence-corrected chi connectivity index (χ3v) is 11.0. The van der Waals surface area contributed by atoms with Crippen LogP contribution in [0.4, 0.5) is 0 Å². The molecule has 1 aliphatic heterocycles. The first kappa shape index (κ1) is 34.6. The molecule has 46 heavy (non-hydrogen) atoms. The number of primary amides is 1. The number of rotatable bonds is 15. The van der Waals surface area contributed by atoms with Crippen molar-refractivity contribution in [1.29, 1.82) is 0 Å². The first-order valence-corrected chi connectivity index (χ1v) is 17.0. The van der Waals surface area contributed by atoms with E-state index in [0.717, 1.165) is 24.7 Å². The van der Waals surface area contributed by atoms with Gasteiger partial charge in [-0.3, -0.25) is 19.2 Å². The number of carbonyl (C=O) groups is 4. The van der Waals surface area contributed by atoms with E-state index in [2.05, 4.69) is 10.6 Å². The number of ether oxygens (including phenoxy) is 1. The zero-order valence-corrected chi connectivity index (χ0v) is 27.5. The fraction of sp³-hybridized carbons (Fsp3) is 0.412. The normalized spacial score (nSPS) is 20.7. The van der Waals surface area contributed by atoms with E-state index in [9.17, 15) is 27.6 Å². The predicted octanol–water partition coefficient (Wildman–Crippen LogP) is 3.89. The molecule has 3 aromatic rings. The highest BCUT2D eigenvalue weighted by Crippen LogP contribution is 2.56. The van der Waals surface area contributed by atoms with Crippen molar-refractivity contribution in [3.63, 3.8) is 0 Å². The van der Waals surface area contributed by atoms with E-state index >= 15 is 0 Å². The van der Waals surface area contributed by atoms with E-state index in [4.69, 9.17) is 14.9 Å². The number of Topliss-reactive ketones (excluding diaryl/α,β-unsaturated/α-hetero) is 1. The maximum Gasteiger partial charge on any atom is 0.287 e. The van der Waals surface area contributed by atoms with Crippen molar-refractivity contribution in [3.8, 4) is 11.1 Å². The summed E-state index contributed by atoms with van der Waals surface area (Å²) in [6.45, 7) is 5.97. The summed E-state index contributed by atoms with van der Waals surface area (Å²) in [6.07, 6.45) is 4.50. The average molecular weight is 652 g/mol. The van der Waals surface area contributed by atoms with Crippen LogP contribution in [-0.4, -0.2) is 60.3 Å². The van der Waals surface area contributed by atoms with E-state index in [-0.39, 0.29) is 18.0 Å². The monoisotopic (exact) mass is 651 g/mol. The van der Waals surface area contributed by atoms with Crippen molar-refractivity contribution in [1.82, 2.24) is 10.6 Å². The van der Waals surface area contributed by atoms with Crippen LogP contribution in [0.3, 0.4) is 0 Å². The number of nitrogens with two attached hydrogens (primary N) is 1. The lowest BCUT2D eigenvalue weighted by molar-refractivity contribution is -0.128. The third-order valence-electron chi connectivity index (χ3n) is 8.86. The molecule has 0 bridgehead atoms. The number of carbonyl (C=O) groups excluding carboxylic acids is 4. The van der Waals surface area contributed by atoms with Crippen LogP contribution in [0.25, 0.3) is 11.1 Å². The van der Waals surface area contributed by atoms with Gasteiger partial charge < -0.3 is 25.5 Å². The van der Waals surface area contributed by atoms with Gasteiger partial charge >= 0.3 is 0 Å². The van der Waals surface area contributed by atoms with Gasteiger partial charge in [0.25, 0.3) is 11.8 Å². The second-order valence-electron chi connectivity index (χ2n) is 12.3. The minimum Gasteiger partial charge on any atom is -0.459 e. The number of ketones is 1. The van der Waals surface area contributed by atoms with Crippen molar-refractivity contribution >= 4 is 33.3 Å². The average Bonchev–Trinajstić information content (AvgIpc) is 3.32. The molecular formula is C34H41N3O8S. The van der Waals surface area contributed by atoms with Crippen molar-refractivity contribution in [2.45, 2.75) is 81.4 Å². The number of hydrogen-bond acceptors (Lipinski definition) is 8. The zero-order chi connectivity index (χ0) is 33.9. The Kier molecular flexibility index (Phi) is 9.93. The molecule has 246 valence electrons. The van der Waals surface area contributed by atoms with E-state index in [1.54, 1.807) is 12.1 Å². The Morgan fingerprint density at radius 1 is 0.957 bits per heavy atom. The highest BCUT2D eigenvalue weighted by Gasteiger charge is 2.77. The molecule has 4 atom stereocenters. The first-order valence-electron chi connectivity index (χ1n) is 15.1. The Morgan fingerprint density at radius 3 is 2.17 bits per heavy atom. The number of sulfone groups is 1. The summed E-state index contributed by atoms with van der Waals surface area (Å²) < 4.78 is 35.3. The molecule has 11 nitrogen and oxygen atoms in total. The highest BCUT2D eigenvalue weighted by atomic mass is 32.2. The molecule has 12 heteroatoms. The van der Waals surface area contributed by atoms with Gasteiger partial charge in [0.05, 0.1) is 16.9 Å². The Balaban J connectivity index is 1.87. The van der Waals surface area contributed by atoms with Crippen LogP contribution in [0, 0.1) is 0 Å². The van der Waals surface area contributed by atoms with Gasteiger partial charge in [0.1, 0.15) is 11.8 Å². The number of benzene rings is 2. The van der Waals surface area contributed by atoms with Crippen molar-refractivity contribution < 1.29 is 36.7 Å². The van der Waals surface area contributed by atoms with E-state index in [1.807, 2.05) is 49.4 Å². The third kappa shape index (κ3) is 6.50. The molecule has 2 heterocycles. The molecule has 4 N–H and O–H groups in total. The van der Waals surface area contributed by atoms with Gasteiger partial charge in [-0.25, -0.2) is 8.42 Å². The van der Waals surface area contributed by atoms with Crippen LogP contribution in [0.1, 0.15) is 75.4 Å². The molecule has 1 aliphatic rings. The minimum atomic E-state index is -3.99. The van der Waals surface area contributed by atoms with E-state index in [1.165, 1.54) is 39.2 Å². The molecule has 1 aromatic heterocycles. The fourth-order valence-electron chi connectivity index (χ4n) is 5.66. The van der Waals surface area contributed by atoms with Crippen LogP contribution in [-0.2, 0) is 29.0 Å². The molecule has 0 aliphatic carbocycles. The highest BCUT2D eigenvalue weighted by molar-refractivity contribution is 7.92. The van der Waals surface area contributed by atoms with Gasteiger partial charge in [-0.1, -0.05) is 74.4 Å². The molecule has 1 unspecified atom stereocenters. The Bertz CT molecular complexity index is 1700. The number of epoxide rings is 1. The number of furan rings is 1. The van der Waals surface area contributed by atoms with Crippen molar-refractivity contribution in [2.24, 2.45) is 5.73 Å². The lowest BCUT2D eigenvalue weighted by atomic mass is 9.77. The Labute approximate surface area is 269 Å². The molecule has 2 aromatic carbocycles. The Hall–Kier alpha value is -4.29. The van der Waals surface area contributed by atoms with Crippen molar-refractivity contribution in [2.75, 3.05) is 6.26 Å². The van der Waals surface area contributed by atoms with E-state index < -0.39 is 55.6 Å². The predicted molar refractivity (Wildman–Crippen MR) is 172 cm³/mol. The minimum absolute atomic E-state index is 0.116. The molecule has 0 radical (unpaired) electrons. The lowest BCUT2D eigenvalue weighted by Gasteiger charge is -2.35. The standard InChI is InChI=1S/C34H41N3O8S/c1-6-7-9-19-25(38)27(24-18-13-12-17-23(24)22-15-10-8-11-16-22)34(33(4,45-34)31(35)41)37-30(40)28(32(2,3)46(5,42)43)36-29(39)26-20-14-21-44-26/h8,10-18,20-21,27-28H,6-7,9,19H2,1-5H3,(H2,35,41)(H,36,39)(H,37,40)/t27?,28-,33-,34+/m1/s1. The molecule has 4 rings (SSSR count). The summed E-state index contributed by atoms with van der Waals surface area (Å²) in [6, 6.07) is 17.5. The summed E-state index contributed by atoms with van der Waals surface area (Å²) in [5.41, 5.74) is 3.92. The Morgan fingerprint density at radius 2 is 1.61 bits per heavy atom. The molecule has 1 fully saturated rings. The molecular weight excluding hydrogens is 610 g/mol. The molecule has 0 saturated carbocycles. The topological polar surface area (TPSA) is 178 Å². The van der Waals surface area contributed by atoms with Crippen molar-refractivity contribution in [3.05, 3.63) is 84.3 Å². The van der Waals surface area contributed by atoms with Gasteiger partial charge in [0.2, 0.25) is 5.91 Å². The molecule has 1 saturated heterocycles. The van der Waals surface area contributed by atoms with Gasteiger partial charge in [-0.2, -0.15) is 0 Å². The van der Waals surface area contributed by atoms with Gasteiger partial charge in [-0.15, -0.1) is 0 Å². The van der Waals surface area contributed by atoms with Crippen LogP contribution in [0.15, 0.2) is 77.4 Å². The van der Waals surface area contributed by atoms with Gasteiger partial charge in [-0.05, 0) is 56.0 Å². The number of amides is 3. The summed E-state index contributed by atoms with van der Waals surface area (Å²) >= 11 is 0. The fourth-order valence-corrected chi connectivity index (χ4v) is 6.25. The maximum atomic E-state index is 14.3. The molecule has 3 amide bonds. The van der Waals surface area contributed by atoms with Gasteiger partial charge in [0, 0.05) is 12.7 Å². The van der Waals surface area contributed by atoms with Gasteiger partial charge in [0.15, 0.2) is 26.9 Å². The zero-order valence-electron chi connectivity index (χ0n) is 26.7. The second-order valence-corrected chi connectivity index (χ2v) is 14.9. The van der Waals surface area contributed by atoms with Crippen LogP contribution in [0.5, 0.6) is 0 Å². The van der Waals surface area contributed by atoms with Crippen LogP contribution in [0.2, 0.25) is 0 Å². The second kappa shape index (κ2) is 13.2. The number of unbranched alkanes of at least 4 members (excludes halogenated alkanes) is 2. The van der Waals surface area contributed by atoms with E-state index in [0.29, 0.717) is 17.5 Å². The smallest absolute Gasteiger partial charge is 0.287 e. The summed E-state index contributed by atoms with van der Waals surface area (Å²) in [5.74, 6) is -4.46. The first-order chi connectivity index (χ1) is 21.6. The summed E-state index contributed by atoms with van der Waals surface area (Å²) in [4.78, 5) is 54.6. The largest absolute Gasteiger partial charge is 0.459 e. The maximum absolute atomic E-state index is 14.3. The van der Waals surface area contributed by atoms with Crippen LogP contribution >= 0.6 is 0 Å². The molecule has 0 spiro atoms. The number of nitrogens with one attached hydrogen (secondary N) is 2. The summed E-state index contributed by atoms with van der Waals surface area (Å²) in [5, 5.41) is 5.20. The SMILES string of the molecule is CCCCCC(=O)C(c1ccccc1-c1ccccc1)[C@]1(NC(=O)[C@@H](NC(=O)c2ccco2)C(C)(C)S(C)(=O)=O)O[C@]1(C)C(N)=O. The lowest BCUT2D eigenvalue weighted by Crippen LogP contribution is -2.64. The quantitative estimate of drug-likeness (QED) is 0.164. The number of hydrogen-bond donors (Lipinski definition) is 3. The van der Waals surface area contributed by atoms with Crippen LogP contribution < -0.4 is 16.4 Å².